The van der Waals surface area contributed by atoms with Gasteiger partial charge >= 0.3 is 0 Å². The van der Waals surface area contributed by atoms with Gasteiger partial charge in [-0.15, -0.1) is 0 Å². The van der Waals surface area contributed by atoms with E-state index in [0.29, 0.717) is 24.1 Å². The maximum absolute atomic E-state index is 12.6. The van der Waals surface area contributed by atoms with Gasteiger partial charge in [-0.1, -0.05) is 19.0 Å². The van der Waals surface area contributed by atoms with Gasteiger partial charge in [0.05, 0.1) is 6.04 Å². The zero-order valence-electron chi connectivity index (χ0n) is 14.3. The second-order valence-corrected chi connectivity index (χ2v) is 7.12. The van der Waals surface area contributed by atoms with Gasteiger partial charge in [0, 0.05) is 18.9 Å². The highest BCUT2D eigenvalue weighted by atomic mass is 16.5. The largest absolute Gasteiger partial charge is 0.339 e. The molecule has 0 spiro atoms. The Labute approximate surface area is 138 Å². The summed E-state index contributed by atoms with van der Waals surface area (Å²) in [5.41, 5.74) is 0. The molecule has 0 saturated carbocycles. The summed E-state index contributed by atoms with van der Waals surface area (Å²) in [5.74, 6) is 2.51. The molecule has 1 aromatic rings. The van der Waals surface area contributed by atoms with Crippen LogP contribution in [-0.2, 0) is 4.79 Å². The number of amides is 1. The first-order valence-corrected chi connectivity index (χ1v) is 8.99. The van der Waals surface area contributed by atoms with Gasteiger partial charge in [0.25, 0.3) is 0 Å². The number of carbonyl (C=O) groups is 1. The van der Waals surface area contributed by atoms with E-state index < -0.39 is 0 Å². The zero-order chi connectivity index (χ0) is 16.2. The molecule has 1 unspecified atom stereocenters. The molecule has 2 aliphatic rings. The molecule has 2 aliphatic heterocycles. The van der Waals surface area contributed by atoms with Crippen LogP contribution in [0.5, 0.6) is 0 Å². The van der Waals surface area contributed by atoms with Gasteiger partial charge in [-0.05, 0) is 51.1 Å². The van der Waals surface area contributed by atoms with Crippen LogP contribution in [0.3, 0.4) is 0 Å². The van der Waals surface area contributed by atoms with Crippen molar-refractivity contribution in [2.75, 3.05) is 19.6 Å². The quantitative estimate of drug-likeness (QED) is 0.903. The monoisotopic (exact) mass is 320 g/mol. The Morgan fingerprint density at radius 3 is 2.83 bits per heavy atom. The minimum Gasteiger partial charge on any atom is -0.339 e. The van der Waals surface area contributed by atoms with E-state index in [1.54, 1.807) is 0 Å². The van der Waals surface area contributed by atoms with E-state index in [2.05, 4.69) is 15.5 Å². The summed E-state index contributed by atoms with van der Waals surface area (Å²) in [6.45, 7) is 7.07. The maximum Gasteiger partial charge on any atom is 0.229 e. The van der Waals surface area contributed by atoms with Crippen molar-refractivity contribution in [3.05, 3.63) is 11.7 Å². The third-order valence-electron chi connectivity index (χ3n) is 5.05. The highest BCUT2D eigenvalue weighted by molar-refractivity contribution is 5.76. The van der Waals surface area contributed by atoms with Crippen LogP contribution in [-0.4, -0.2) is 40.6 Å². The molecule has 0 radical (unpaired) electrons. The molecule has 6 heteroatoms. The summed E-state index contributed by atoms with van der Waals surface area (Å²) >= 11 is 0. The average molecular weight is 320 g/mol. The fraction of sp³-hybridized carbons (Fsp3) is 0.824. The Morgan fingerprint density at radius 2 is 2.13 bits per heavy atom. The van der Waals surface area contributed by atoms with Gasteiger partial charge in [-0.3, -0.25) is 4.79 Å². The SMILES string of the molecule is CC(C)c1nc(C2CCCN2C(=O)CCC2CCNCC2)no1. The van der Waals surface area contributed by atoms with Crippen molar-refractivity contribution in [2.45, 2.75) is 64.3 Å². The third kappa shape index (κ3) is 3.91. The van der Waals surface area contributed by atoms with Crippen molar-refractivity contribution < 1.29 is 9.32 Å². The molecule has 0 aromatic carbocycles. The fourth-order valence-corrected chi connectivity index (χ4v) is 3.59. The van der Waals surface area contributed by atoms with Crippen molar-refractivity contribution in [3.63, 3.8) is 0 Å². The van der Waals surface area contributed by atoms with Gasteiger partial charge in [-0.25, -0.2) is 0 Å². The van der Waals surface area contributed by atoms with E-state index in [0.717, 1.165) is 38.9 Å². The molecule has 6 nitrogen and oxygen atoms in total. The second-order valence-electron chi connectivity index (χ2n) is 7.12. The molecule has 23 heavy (non-hydrogen) atoms. The lowest BCUT2D eigenvalue weighted by Crippen LogP contribution is -2.32. The summed E-state index contributed by atoms with van der Waals surface area (Å²) < 4.78 is 5.32. The summed E-state index contributed by atoms with van der Waals surface area (Å²) in [7, 11) is 0. The fourth-order valence-electron chi connectivity index (χ4n) is 3.59. The number of nitrogens with one attached hydrogen (secondary N) is 1. The summed E-state index contributed by atoms with van der Waals surface area (Å²) in [6.07, 6.45) is 6.01. The number of carbonyl (C=O) groups excluding carboxylic acids is 1. The topological polar surface area (TPSA) is 71.3 Å². The van der Waals surface area contributed by atoms with Crippen molar-refractivity contribution in [1.29, 1.82) is 0 Å². The molecule has 128 valence electrons. The third-order valence-corrected chi connectivity index (χ3v) is 5.05. The van der Waals surface area contributed by atoms with E-state index in [1.165, 1.54) is 12.8 Å². The molecule has 2 fully saturated rings. The van der Waals surface area contributed by atoms with Crippen LogP contribution < -0.4 is 5.32 Å². The molecule has 3 heterocycles. The van der Waals surface area contributed by atoms with Gasteiger partial charge in [0.15, 0.2) is 5.82 Å². The Hall–Kier alpha value is -1.43. The van der Waals surface area contributed by atoms with Crippen LogP contribution in [0.1, 0.15) is 76.0 Å². The molecule has 0 bridgehead atoms. The standard InChI is InChI=1S/C17H28N4O2/c1-12(2)17-19-16(20-23-17)14-4-3-11-21(14)15(22)6-5-13-7-9-18-10-8-13/h12-14,18H,3-11H2,1-2H3. The van der Waals surface area contributed by atoms with Gasteiger partial charge in [0.1, 0.15) is 0 Å². The van der Waals surface area contributed by atoms with E-state index >= 15 is 0 Å². The Balaban J connectivity index is 1.57. The van der Waals surface area contributed by atoms with Crippen LogP contribution in [0.2, 0.25) is 0 Å². The van der Waals surface area contributed by atoms with Crippen LogP contribution in [0.15, 0.2) is 4.52 Å². The van der Waals surface area contributed by atoms with Gasteiger partial charge in [0.2, 0.25) is 11.8 Å². The Bertz CT molecular complexity index is 522. The molecule has 2 saturated heterocycles. The maximum atomic E-state index is 12.6. The smallest absolute Gasteiger partial charge is 0.229 e. The normalized spacial score (nSPS) is 22.9. The molecule has 1 amide bonds. The molecular formula is C17H28N4O2. The second kappa shape index (κ2) is 7.43. The molecule has 1 N–H and O–H groups in total. The van der Waals surface area contributed by atoms with Crippen molar-refractivity contribution >= 4 is 5.91 Å². The van der Waals surface area contributed by atoms with Crippen LogP contribution in [0, 0.1) is 5.92 Å². The van der Waals surface area contributed by atoms with Gasteiger partial charge < -0.3 is 14.7 Å². The van der Waals surface area contributed by atoms with Crippen molar-refractivity contribution in [1.82, 2.24) is 20.4 Å². The zero-order valence-corrected chi connectivity index (χ0v) is 14.3. The highest BCUT2D eigenvalue weighted by Crippen LogP contribution is 2.32. The number of hydrogen-bond acceptors (Lipinski definition) is 5. The lowest BCUT2D eigenvalue weighted by Gasteiger charge is -2.25. The number of piperidine rings is 1. The van der Waals surface area contributed by atoms with Crippen LogP contribution in [0.25, 0.3) is 0 Å². The first-order valence-electron chi connectivity index (χ1n) is 8.99. The molecule has 1 aromatic heterocycles. The average Bonchev–Trinajstić information content (AvgIpc) is 3.22. The molecule has 1 atom stereocenters. The summed E-state index contributed by atoms with van der Waals surface area (Å²) in [4.78, 5) is 19.1. The molecular weight excluding hydrogens is 292 g/mol. The Morgan fingerprint density at radius 1 is 1.35 bits per heavy atom. The van der Waals surface area contributed by atoms with E-state index in [-0.39, 0.29) is 17.9 Å². The minimum atomic E-state index is 0.00627. The Kier molecular flexibility index (Phi) is 5.30. The number of hydrogen-bond donors (Lipinski definition) is 1. The molecule has 0 aliphatic carbocycles. The van der Waals surface area contributed by atoms with Crippen molar-refractivity contribution in [2.24, 2.45) is 5.92 Å². The highest BCUT2D eigenvalue weighted by Gasteiger charge is 2.33. The van der Waals surface area contributed by atoms with E-state index in [1.807, 2.05) is 18.7 Å². The summed E-state index contributed by atoms with van der Waals surface area (Å²) in [6, 6.07) is 0.00627. The van der Waals surface area contributed by atoms with E-state index in [9.17, 15) is 4.79 Å². The number of aromatic nitrogens is 2. The van der Waals surface area contributed by atoms with Crippen LogP contribution >= 0.6 is 0 Å². The van der Waals surface area contributed by atoms with Gasteiger partial charge in [-0.2, -0.15) is 4.98 Å². The minimum absolute atomic E-state index is 0.00627. The summed E-state index contributed by atoms with van der Waals surface area (Å²) in [5, 5.41) is 7.49. The van der Waals surface area contributed by atoms with Crippen molar-refractivity contribution in [3.8, 4) is 0 Å². The lowest BCUT2D eigenvalue weighted by atomic mass is 9.93. The lowest BCUT2D eigenvalue weighted by molar-refractivity contribution is -0.132. The van der Waals surface area contributed by atoms with E-state index in [4.69, 9.17) is 4.52 Å². The first-order chi connectivity index (χ1) is 11.1. The molecule has 3 rings (SSSR count). The first kappa shape index (κ1) is 16.4. The number of likely N-dealkylation sites (tertiary alicyclic amines) is 1. The number of rotatable bonds is 5. The predicted molar refractivity (Wildman–Crippen MR) is 86.9 cm³/mol. The predicted octanol–water partition coefficient (Wildman–Crippen LogP) is 2.64. The van der Waals surface area contributed by atoms with Crippen LogP contribution in [0.4, 0.5) is 0 Å². The number of nitrogens with zero attached hydrogens (tertiary/aromatic N) is 3.